The third kappa shape index (κ3) is 4.41. The minimum Gasteiger partial charge on any atom is -0.497 e. The molecule has 3 rings (SSSR count). The quantitative estimate of drug-likeness (QED) is 0.703. The first-order valence-electron chi connectivity index (χ1n) is 8.58. The van der Waals surface area contributed by atoms with Crippen molar-refractivity contribution in [2.24, 2.45) is 0 Å². The van der Waals surface area contributed by atoms with Gasteiger partial charge in [-0.05, 0) is 44.0 Å². The maximum absolute atomic E-state index is 12.4. The molecule has 0 unspecified atom stereocenters. The number of carbonyl (C=O) groups is 1. The molecule has 2 aromatic carbocycles. The number of anilines is 3. The molecule has 3 aromatic rings. The molecule has 6 nitrogen and oxygen atoms in total. The molecule has 0 aliphatic carbocycles. The number of carbonyl (C=O) groups excluding carboxylic acids is 1. The molecule has 1 amide bonds. The van der Waals surface area contributed by atoms with Gasteiger partial charge in [0.25, 0.3) is 5.91 Å². The van der Waals surface area contributed by atoms with Crippen LogP contribution in [0.5, 0.6) is 5.75 Å². The van der Waals surface area contributed by atoms with Gasteiger partial charge in [-0.3, -0.25) is 4.79 Å². The van der Waals surface area contributed by atoms with Crippen molar-refractivity contribution in [3.05, 3.63) is 71.0 Å². The summed E-state index contributed by atoms with van der Waals surface area (Å²) in [7, 11) is 1.58. The fourth-order valence-corrected chi connectivity index (χ4v) is 2.90. The van der Waals surface area contributed by atoms with E-state index in [4.69, 9.17) is 4.74 Å². The molecule has 1 heterocycles. The van der Waals surface area contributed by atoms with Gasteiger partial charge >= 0.3 is 0 Å². The Morgan fingerprint density at radius 1 is 1.00 bits per heavy atom. The molecule has 0 spiro atoms. The highest BCUT2D eigenvalue weighted by atomic mass is 16.5. The minimum atomic E-state index is -0.280. The number of aromatic nitrogens is 2. The van der Waals surface area contributed by atoms with Crippen molar-refractivity contribution < 1.29 is 9.53 Å². The molecule has 0 saturated heterocycles. The number of benzene rings is 2. The summed E-state index contributed by atoms with van der Waals surface area (Å²) in [6, 6.07) is 11.4. The molecule has 0 fully saturated rings. The molecule has 0 bridgehead atoms. The summed E-state index contributed by atoms with van der Waals surface area (Å²) < 4.78 is 5.16. The van der Waals surface area contributed by atoms with Crippen LogP contribution in [0.4, 0.5) is 17.3 Å². The number of methoxy groups -OCH3 is 1. The van der Waals surface area contributed by atoms with Crippen LogP contribution in [0.15, 0.2) is 48.8 Å². The Morgan fingerprint density at radius 2 is 1.67 bits per heavy atom. The summed E-state index contributed by atoms with van der Waals surface area (Å²) in [6.07, 6.45) is 3.01. The first-order valence-corrected chi connectivity index (χ1v) is 8.58. The highest BCUT2D eigenvalue weighted by Crippen LogP contribution is 2.24. The van der Waals surface area contributed by atoms with Crippen molar-refractivity contribution in [3.63, 3.8) is 0 Å². The Bertz CT molecular complexity index is 945. The highest BCUT2D eigenvalue weighted by Gasteiger charge is 2.10. The van der Waals surface area contributed by atoms with E-state index in [1.165, 1.54) is 18.0 Å². The zero-order chi connectivity index (χ0) is 19.4. The summed E-state index contributed by atoms with van der Waals surface area (Å²) in [5.74, 6) is 0.841. The van der Waals surface area contributed by atoms with Gasteiger partial charge in [0.1, 0.15) is 5.75 Å². The second kappa shape index (κ2) is 7.86. The van der Waals surface area contributed by atoms with Gasteiger partial charge in [0.15, 0.2) is 0 Å². The molecular formula is C21H22N4O2. The average molecular weight is 362 g/mol. The molecule has 27 heavy (non-hydrogen) atoms. The first-order chi connectivity index (χ1) is 13.0. The Balaban J connectivity index is 1.72. The van der Waals surface area contributed by atoms with Crippen LogP contribution in [0.3, 0.4) is 0 Å². The van der Waals surface area contributed by atoms with Crippen LogP contribution < -0.4 is 15.4 Å². The number of ether oxygens (including phenoxy) is 1. The second-order valence-electron chi connectivity index (χ2n) is 6.38. The van der Waals surface area contributed by atoms with Crippen molar-refractivity contribution in [1.82, 2.24) is 9.97 Å². The standard InChI is InChI=1S/C21H22N4O2/c1-13-8-14(2)19(15(3)9-13)25-21-22-11-16(12-23-21)20(26)24-17-6-5-7-18(10-17)27-4/h5-12H,1-4H3,(H,24,26)(H,22,23,25). The second-order valence-corrected chi connectivity index (χ2v) is 6.38. The molecule has 0 aliphatic rings. The van der Waals surface area contributed by atoms with E-state index in [0.29, 0.717) is 22.9 Å². The molecule has 0 atom stereocenters. The van der Waals surface area contributed by atoms with Crippen LogP contribution in [0.2, 0.25) is 0 Å². The lowest BCUT2D eigenvalue weighted by Crippen LogP contribution is -2.13. The van der Waals surface area contributed by atoms with E-state index >= 15 is 0 Å². The summed E-state index contributed by atoms with van der Waals surface area (Å²) >= 11 is 0. The van der Waals surface area contributed by atoms with E-state index in [2.05, 4.69) is 39.7 Å². The number of hydrogen-bond donors (Lipinski definition) is 2. The summed E-state index contributed by atoms with van der Waals surface area (Å²) in [5, 5.41) is 6.04. The lowest BCUT2D eigenvalue weighted by molar-refractivity contribution is 0.102. The third-order valence-corrected chi connectivity index (χ3v) is 4.16. The van der Waals surface area contributed by atoms with E-state index in [-0.39, 0.29) is 5.91 Å². The van der Waals surface area contributed by atoms with Crippen LogP contribution in [0, 0.1) is 20.8 Å². The van der Waals surface area contributed by atoms with Crippen LogP contribution in [0.25, 0.3) is 0 Å². The number of rotatable bonds is 5. The monoisotopic (exact) mass is 362 g/mol. The lowest BCUT2D eigenvalue weighted by Gasteiger charge is -2.13. The first kappa shape index (κ1) is 18.4. The molecule has 138 valence electrons. The minimum absolute atomic E-state index is 0.280. The van der Waals surface area contributed by atoms with Crippen molar-refractivity contribution in [1.29, 1.82) is 0 Å². The fraction of sp³-hybridized carbons (Fsp3) is 0.190. The van der Waals surface area contributed by atoms with Crippen LogP contribution >= 0.6 is 0 Å². The molecule has 0 radical (unpaired) electrons. The van der Waals surface area contributed by atoms with Crippen molar-refractivity contribution in [2.45, 2.75) is 20.8 Å². The van der Waals surface area contributed by atoms with Gasteiger partial charge in [-0.15, -0.1) is 0 Å². The zero-order valence-corrected chi connectivity index (χ0v) is 15.8. The van der Waals surface area contributed by atoms with Gasteiger partial charge in [-0.2, -0.15) is 0 Å². The molecule has 1 aromatic heterocycles. The molecule has 6 heteroatoms. The van der Waals surface area contributed by atoms with E-state index in [1.54, 1.807) is 19.2 Å². The van der Waals surface area contributed by atoms with Gasteiger partial charge < -0.3 is 15.4 Å². The largest absolute Gasteiger partial charge is 0.497 e. The van der Waals surface area contributed by atoms with Gasteiger partial charge in [0, 0.05) is 29.8 Å². The Morgan fingerprint density at radius 3 is 2.30 bits per heavy atom. The predicted octanol–water partition coefficient (Wildman–Crippen LogP) is 4.41. The smallest absolute Gasteiger partial charge is 0.258 e. The Kier molecular flexibility index (Phi) is 5.35. The predicted molar refractivity (Wildman–Crippen MR) is 107 cm³/mol. The van der Waals surface area contributed by atoms with Gasteiger partial charge in [0.05, 0.1) is 12.7 Å². The summed E-state index contributed by atoms with van der Waals surface area (Å²) in [6.45, 7) is 6.15. The van der Waals surface area contributed by atoms with Crippen LogP contribution in [-0.4, -0.2) is 23.0 Å². The van der Waals surface area contributed by atoms with E-state index in [0.717, 1.165) is 16.8 Å². The Labute approximate surface area is 158 Å². The number of amides is 1. The maximum Gasteiger partial charge on any atom is 0.258 e. The number of aryl methyl sites for hydroxylation is 3. The van der Waals surface area contributed by atoms with Crippen molar-refractivity contribution in [2.75, 3.05) is 17.7 Å². The molecule has 0 aliphatic heterocycles. The fourth-order valence-electron chi connectivity index (χ4n) is 2.90. The zero-order valence-electron chi connectivity index (χ0n) is 15.8. The SMILES string of the molecule is COc1cccc(NC(=O)c2cnc(Nc3c(C)cc(C)cc3C)nc2)c1. The summed E-state index contributed by atoms with van der Waals surface area (Å²) in [5.41, 5.74) is 5.45. The van der Waals surface area contributed by atoms with Crippen LogP contribution in [-0.2, 0) is 0 Å². The van der Waals surface area contributed by atoms with E-state index < -0.39 is 0 Å². The topological polar surface area (TPSA) is 76.1 Å². The number of hydrogen-bond acceptors (Lipinski definition) is 5. The average Bonchev–Trinajstić information content (AvgIpc) is 2.65. The highest BCUT2D eigenvalue weighted by molar-refractivity contribution is 6.04. The lowest BCUT2D eigenvalue weighted by atomic mass is 10.1. The Hall–Kier alpha value is -3.41. The van der Waals surface area contributed by atoms with Gasteiger partial charge in [0.2, 0.25) is 5.95 Å². The van der Waals surface area contributed by atoms with Crippen molar-refractivity contribution >= 4 is 23.2 Å². The van der Waals surface area contributed by atoms with E-state index in [1.807, 2.05) is 26.0 Å². The number of nitrogens with one attached hydrogen (secondary N) is 2. The molecule has 0 saturated carbocycles. The van der Waals surface area contributed by atoms with Gasteiger partial charge in [-0.25, -0.2) is 9.97 Å². The van der Waals surface area contributed by atoms with Crippen molar-refractivity contribution in [3.8, 4) is 5.75 Å². The maximum atomic E-state index is 12.4. The molecule has 2 N–H and O–H groups in total. The van der Waals surface area contributed by atoms with Gasteiger partial charge in [-0.1, -0.05) is 23.8 Å². The summed E-state index contributed by atoms with van der Waals surface area (Å²) in [4.78, 5) is 20.9. The van der Waals surface area contributed by atoms with Crippen LogP contribution in [0.1, 0.15) is 27.0 Å². The molecular weight excluding hydrogens is 340 g/mol. The normalized spacial score (nSPS) is 10.4. The number of nitrogens with zero attached hydrogens (tertiary/aromatic N) is 2. The van der Waals surface area contributed by atoms with E-state index in [9.17, 15) is 4.79 Å². The third-order valence-electron chi connectivity index (χ3n) is 4.16.